The first-order valence-corrected chi connectivity index (χ1v) is 22.8. The number of rotatable bonds is 5. The van der Waals surface area contributed by atoms with Gasteiger partial charge in [-0.15, -0.1) is 0 Å². The molecular formula is C61H46O2. The lowest BCUT2D eigenvalue weighted by Gasteiger charge is -2.36. The first-order valence-electron chi connectivity index (χ1n) is 22.8. The molecule has 4 atom stereocenters. The Balaban J connectivity index is 1.02. The van der Waals surface area contributed by atoms with Gasteiger partial charge in [0.25, 0.3) is 0 Å². The predicted molar refractivity (Wildman–Crippen MR) is 260 cm³/mol. The van der Waals surface area contributed by atoms with Gasteiger partial charge in [0.15, 0.2) is 0 Å². The van der Waals surface area contributed by atoms with E-state index >= 15 is 0 Å². The molecule has 63 heavy (non-hydrogen) atoms. The fraction of sp³-hybridized carbons (Fsp3) is 0.148. The van der Waals surface area contributed by atoms with E-state index in [1.165, 1.54) is 82.9 Å². The van der Waals surface area contributed by atoms with E-state index in [2.05, 4.69) is 189 Å². The van der Waals surface area contributed by atoms with Crippen molar-refractivity contribution in [1.29, 1.82) is 0 Å². The van der Waals surface area contributed by atoms with Gasteiger partial charge in [0.05, 0.1) is 0 Å². The predicted octanol–water partition coefficient (Wildman–Crippen LogP) is 14.8. The molecule has 0 N–H and O–H groups in total. The van der Waals surface area contributed by atoms with E-state index in [4.69, 9.17) is 8.83 Å². The zero-order chi connectivity index (χ0) is 41.6. The van der Waals surface area contributed by atoms with Gasteiger partial charge < -0.3 is 8.83 Å². The first kappa shape index (κ1) is 36.5. The second-order valence-electron chi connectivity index (χ2n) is 18.2. The van der Waals surface area contributed by atoms with Crippen LogP contribution in [0, 0.1) is 5.92 Å². The van der Waals surface area contributed by atoms with Gasteiger partial charge in [-0.2, -0.15) is 0 Å². The summed E-state index contributed by atoms with van der Waals surface area (Å²) in [4.78, 5) is 0. The van der Waals surface area contributed by atoms with Crippen molar-refractivity contribution in [2.45, 2.75) is 50.4 Å². The van der Waals surface area contributed by atoms with E-state index in [1.807, 2.05) is 6.07 Å². The van der Waals surface area contributed by atoms with Crippen LogP contribution >= 0.6 is 0 Å². The lowest BCUT2D eigenvalue weighted by atomic mass is 9.68. The number of aryl methyl sites for hydroxylation is 1. The van der Waals surface area contributed by atoms with E-state index in [0.717, 1.165) is 58.6 Å². The van der Waals surface area contributed by atoms with Gasteiger partial charge in [-0.1, -0.05) is 159 Å². The summed E-state index contributed by atoms with van der Waals surface area (Å²) in [6.07, 6.45) is 9.00. The quantitative estimate of drug-likeness (QED) is 0.173. The van der Waals surface area contributed by atoms with Crippen LogP contribution in [0.1, 0.15) is 65.3 Å². The molecule has 0 amide bonds. The largest absolute Gasteiger partial charge is 0.456 e. The maximum absolute atomic E-state index is 6.57. The molecule has 4 unspecified atom stereocenters. The second-order valence-corrected chi connectivity index (χ2v) is 18.2. The Labute approximate surface area is 367 Å². The fourth-order valence-corrected chi connectivity index (χ4v) is 11.7. The number of hydrogen-bond acceptors (Lipinski definition) is 2. The molecule has 0 aliphatic heterocycles. The minimum absolute atomic E-state index is 0.301. The highest BCUT2D eigenvalue weighted by Crippen LogP contribution is 2.55. The summed E-state index contributed by atoms with van der Waals surface area (Å²) in [5, 5.41) is 4.78. The third kappa shape index (κ3) is 5.92. The summed E-state index contributed by atoms with van der Waals surface area (Å²) in [7, 11) is 0. The maximum atomic E-state index is 6.57. The molecule has 0 bridgehead atoms. The van der Waals surface area contributed by atoms with Gasteiger partial charge in [0.2, 0.25) is 0 Å². The number of para-hydroxylation sites is 2. The van der Waals surface area contributed by atoms with Gasteiger partial charge in [-0.05, 0) is 158 Å². The van der Waals surface area contributed by atoms with Crippen molar-refractivity contribution in [3.8, 4) is 44.5 Å². The number of benzene rings is 8. The van der Waals surface area contributed by atoms with Crippen LogP contribution in [0.3, 0.4) is 0 Å². The Morgan fingerprint density at radius 1 is 0.508 bits per heavy atom. The molecule has 2 aromatic heterocycles. The molecule has 0 saturated heterocycles. The molecule has 0 spiro atoms. The van der Waals surface area contributed by atoms with Crippen molar-refractivity contribution in [2.75, 3.05) is 0 Å². The van der Waals surface area contributed by atoms with Gasteiger partial charge in [0.1, 0.15) is 22.2 Å². The Kier molecular flexibility index (Phi) is 8.38. The Hall–Kier alpha value is -7.16. The standard InChI is InChI=1S/C61H46O2/c1-37(40-15-11-16-41(32-40)38-12-3-2-4-13-38)53-35-44-14-5-6-17-47(44)60-52(53)30-29-51-46(45-25-28-50-48-18-7-9-20-56(48)63-59(50)36-45)27-24-39-22-23-42(33-54(39)61(51)60)43-26-31-58-55(34-43)49-19-8-10-21-57(49)62-58/h2-23,26,28-34,36-37,45-46,53H,24-25,27,35H2,1H3. The van der Waals surface area contributed by atoms with E-state index in [-0.39, 0.29) is 0 Å². The smallest absolute Gasteiger partial charge is 0.135 e. The minimum atomic E-state index is 0.301. The lowest BCUT2D eigenvalue weighted by molar-refractivity contribution is 0.493. The summed E-state index contributed by atoms with van der Waals surface area (Å²) in [6.45, 7) is 2.46. The minimum Gasteiger partial charge on any atom is -0.456 e. The molecule has 2 heteroatoms. The average Bonchev–Trinajstić information content (AvgIpc) is 3.86. The average molecular weight is 811 g/mol. The Morgan fingerprint density at radius 2 is 1.21 bits per heavy atom. The molecular weight excluding hydrogens is 765 g/mol. The van der Waals surface area contributed by atoms with Crippen molar-refractivity contribution < 1.29 is 8.83 Å². The van der Waals surface area contributed by atoms with E-state index in [1.54, 1.807) is 0 Å². The van der Waals surface area contributed by atoms with Crippen molar-refractivity contribution in [3.05, 3.63) is 214 Å². The molecule has 8 aromatic carbocycles. The van der Waals surface area contributed by atoms with Gasteiger partial charge in [-0.3, -0.25) is 0 Å². The second kappa shape index (κ2) is 14.5. The molecule has 3 aliphatic carbocycles. The summed E-state index contributed by atoms with van der Waals surface area (Å²) in [5.41, 5.74) is 21.6. The molecule has 13 rings (SSSR count). The zero-order valence-electron chi connectivity index (χ0n) is 35.4. The third-order valence-corrected chi connectivity index (χ3v) is 14.9. The number of hydrogen-bond donors (Lipinski definition) is 0. The first-order chi connectivity index (χ1) is 31.1. The highest BCUT2D eigenvalue weighted by molar-refractivity contribution is 6.06. The van der Waals surface area contributed by atoms with Gasteiger partial charge >= 0.3 is 0 Å². The highest BCUT2D eigenvalue weighted by Gasteiger charge is 2.36. The molecule has 3 aliphatic rings. The van der Waals surface area contributed by atoms with Crippen molar-refractivity contribution in [1.82, 2.24) is 0 Å². The van der Waals surface area contributed by atoms with Crippen molar-refractivity contribution in [2.24, 2.45) is 5.92 Å². The van der Waals surface area contributed by atoms with Crippen LogP contribution in [0.2, 0.25) is 0 Å². The molecule has 2 nitrogen and oxygen atoms in total. The number of furan rings is 2. The van der Waals surface area contributed by atoms with Crippen LogP contribution in [0.5, 0.6) is 0 Å². The van der Waals surface area contributed by atoms with Crippen molar-refractivity contribution in [3.63, 3.8) is 0 Å². The molecule has 0 fully saturated rings. The van der Waals surface area contributed by atoms with E-state index < -0.39 is 0 Å². The van der Waals surface area contributed by atoms with Gasteiger partial charge in [0, 0.05) is 21.4 Å². The van der Waals surface area contributed by atoms with Gasteiger partial charge in [-0.25, -0.2) is 0 Å². The Morgan fingerprint density at radius 3 is 2.11 bits per heavy atom. The molecule has 10 aromatic rings. The van der Waals surface area contributed by atoms with E-state index in [0.29, 0.717) is 23.7 Å². The zero-order valence-corrected chi connectivity index (χ0v) is 35.4. The van der Waals surface area contributed by atoms with Crippen LogP contribution in [0.4, 0.5) is 0 Å². The Bertz CT molecular complexity index is 3560. The molecule has 2 heterocycles. The third-order valence-electron chi connectivity index (χ3n) is 14.9. The molecule has 0 radical (unpaired) electrons. The van der Waals surface area contributed by atoms with Crippen LogP contribution in [0.15, 0.2) is 185 Å². The fourth-order valence-electron chi connectivity index (χ4n) is 11.7. The van der Waals surface area contributed by atoms with Crippen LogP contribution in [0.25, 0.3) is 89.6 Å². The van der Waals surface area contributed by atoms with Crippen LogP contribution in [-0.2, 0) is 12.8 Å². The summed E-state index contributed by atoms with van der Waals surface area (Å²) >= 11 is 0. The van der Waals surface area contributed by atoms with Crippen LogP contribution < -0.4 is 10.6 Å². The summed E-state index contributed by atoms with van der Waals surface area (Å²) in [5.74, 6) is 1.24. The molecule has 302 valence electrons. The SMILES string of the molecule is CC(c1cccc(-c2ccccc2)c1)C1Cc2ccccc2-c2c1ccc1c2-c2cc(-c3ccc4oc5ccccc5c4c3)ccc2CCC1C1C=c2oc3ccccc3c2=CC1. The normalized spacial score (nSPS) is 18.0. The monoisotopic (exact) mass is 810 g/mol. The van der Waals surface area contributed by atoms with Crippen LogP contribution in [-0.4, -0.2) is 0 Å². The van der Waals surface area contributed by atoms with E-state index in [9.17, 15) is 0 Å². The maximum Gasteiger partial charge on any atom is 0.135 e. The lowest BCUT2D eigenvalue weighted by Crippen LogP contribution is -2.28. The summed E-state index contributed by atoms with van der Waals surface area (Å²) in [6, 6.07) is 65.4. The van der Waals surface area contributed by atoms with Crippen molar-refractivity contribution >= 4 is 45.1 Å². The summed E-state index contributed by atoms with van der Waals surface area (Å²) < 4.78 is 12.9. The highest BCUT2D eigenvalue weighted by atomic mass is 16.3. The number of fused-ring (bicyclic) bond motifs is 13. The molecule has 0 saturated carbocycles. The topological polar surface area (TPSA) is 26.3 Å².